The molecule has 0 unspecified atom stereocenters. The average molecular weight is 1500 g/mol. The van der Waals surface area contributed by atoms with Gasteiger partial charge >= 0.3 is 5.97 Å². The van der Waals surface area contributed by atoms with E-state index in [0.29, 0.717) is 0 Å². The third kappa shape index (κ3) is 16.1. The first-order chi connectivity index (χ1) is 49.2. The van der Waals surface area contributed by atoms with Crippen LogP contribution in [0.4, 0.5) is 0 Å². The van der Waals surface area contributed by atoms with Crippen LogP contribution in [0, 0.1) is 5.92 Å². The smallest absolute Gasteiger partial charge is 0.330 e. The molecule has 0 radical (unpaired) electrons. The molecule has 19 atom stereocenters. The number of rotatable bonds is 15. The zero-order chi connectivity index (χ0) is 75.8. The number of nitrogens with one attached hydrogen (secondary N) is 7. The fraction of sp³-hybridized carbons (Fsp3) is 0.424. The first-order valence-electron chi connectivity index (χ1n) is 32.1. The van der Waals surface area contributed by atoms with Crippen LogP contribution >= 0.6 is 23.2 Å². The maximum Gasteiger partial charge on any atom is 0.330 e. The van der Waals surface area contributed by atoms with E-state index in [2.05, 4.69) is 37.2 Å². The number of phenolic OH excluding ortho intramolecular Hbond substituents is 3. The van der Waals surface area contributed by atoms with E-state index >= 15 is 14.4 Å². The Hall–Kier alpha value is -9.32. The monoisotopic (exact) mass is 1500 g/mol. The summed E-state index contributed by atoms with van der Waals surface area (Å²) >= 11 is 14.0. The van der Waals surface area contributed by atoms with Gasteiger partial charge in [-0.05, 0) is 96.2 Å². The van der Waals surface area contributed by atoms with Crippen molar-refractivity contribution in [3.05, 3.63) is 117 Å². The van der Waals surface area contributed by atoms with E-state index in [9.17, 15) is 90.4 Å². The molecule has 0 aromatic heterocycles. The maximum atomic E-state index is 16.0. The summed E-state index contributed by atoms with van der Waals surface area (Å²) in [7, 11) is 2.51. The van der Waals surface area contributed by atoms with Crippen molar-refractivity contribution in [1.82, 2.24) is 42.3 Å². The Labute approximate surface area is 599 Å². The molecular weight excluding hydrogens is 1420 g/mol. The number of nitrogens with two attached hydrogens (primary N) is 1. The number of ether oxygens (including phenoxy) is 5. The van der Waals surface area contributed by atoms with Gasteiger partial charge in [0.1, 0.15) is 120 Å². The van der Waals surface area contributed by atoms with Crippen molar-refractivity contribution in [2.45, 2.75) is 143 Å². The molecule has 38 heteroatoms. The number of aliphatic hydroxyl groups is 9. The molecule has 5 aromatic rings. The fourth-order valence-electron chi connectivity index (χ4n) is 12.5. The predicted octanol–water partition coefficient (Wildman–Crippen LogP) is -2.46. The molecule has 104 heavy (non-hydrogen) atoms. The first kappa shape index (κ1) is 77.3. The van der Waals surface area contributed by atoms with Crippen LogP contribution in [0.2, 0.25) is 10.0 Å². The lowest BCUT2D eigenvalue weighted by Gasteiger charge is -2.46. The number of halogens is 2. The second-order valence-electron chi connectivity index (χ2n) is 25.5. The number of likely N-dealkylation sites (N-methyl/N-ethyl adjacent to an activating group) is 1. The van der Waals surface area contributed by atoms with Gasteiger partial charge < -0.3 is 133 Å². The zero-order valence-corrected chi connectivity index (χ0v) is 56.7. The number of carboxylic acid groups (broad SMARTS) is 1. The van der Waals surface area contributed by atoms with Crippen molar-refractivity contribution in [3.63, 3.8) is 0 Å². The zero-order valence-electron chi connectivity index (χ0n) is 55.2. The molecule has 7 aliphatic rings. The van der Waals surface area contributed by atoms with Crippen molar-refractivity contribution < 1.29 is 133 Å². The van der Waals surface area contributed by atoms with Crippen LogP contribution in [-0.4, -0.2) is 232 Å². The third-order valence-corrected chi connectivity index (χ3v) is 18.6. The Morgan fingerprint density at radius 1 is 0.635 bits per heavy atom. The molecule has 11 bridgehead atoms. The summed E-state index contributed by atoms with van der Waals surface area (Å²) in [6, 6.07) is -1.37. The van der Waals surface area contributed by atoms with Gasteiger partial charge in [-0.1, -0.05) is 55.2 Å². The number of aromatic hydroxyl groups is 3. The normalized spacial score (nSPS) is 29.0. The van der Waals surface area contributed by atoms with E-state index in [1.165, 1.54) is 13.1 Å². The van der Waals surface area contributed by atoms with Gasteiger partial charge in [-0.15, -0.1) is 0 Å². The van der Waals surface area contributed by atoms with Crippen LogP contribution < -0.4 is 57.2 Å². The molecule has 7 aliphatic heterocycles. The van der Waals surface area contributed by atoms with Gasteiger partial charge in [0.2, 0.25) is 53.4 Å². The minimum absolute atomic E-state index is 0.115. The van der Waals surface area contributed by atoms with Gasteiger partial charge in [0, 0.05) is 22.8 Å². The second-order valence-corrected chi connectivity index (χ2v) is 26.3. The Morgan fingerprint density at radius 3 is 1.81 bits per heavy atom. The molecule has 0 saturated carbocycles. The molecule has 7 amide bonds. The first-order valence-corrected chi connectivity index (χ1v) is 32.8. The molecule has 12 rings (SSSR count). The van der Waals surface area contributed by atoms with Crippen LogP contribution in [0.25, 0.3) is 11.1 Å². The maximum absolute atomic E-state index is 16.0. The molecule has 2 saturated heterocycles. The molecule has 560 valence electrons. The number of carbonyl (C=O) groups is 8. The van der Waals surface area contributed by atoms with Crippen molar-refractivity contribution in [1.29, 1.82) is 0 Å². The lowest BCUT2D eigenvalue weighted by Crippen LogP contribution is -2.66. The van der Waals surface area contributed by atoms with Crippen LogP contribution in [0.5, 0.6) is 46.0 Å². The summed E-state index contributed by atoms with van der Waals surface area (Å²) in [6.07, 6.45) is -25.0. The highest BCUT2D eigenvalue weighted by Gasteiger charge is 2.51. The van der Waals surface area contributed by atoms with Gasteiger partial charge in [0.25, 0.3) is 0 Å². The highest BCUT2D eigenvalue weighted by molar-refractivity contribution is 6.32. The lowest BCUT2D eigenvalue weighted by molar-refractivity contribution is -0.345. The number of benzene rings is 5. The number of primary amides is 1. The average Bonchev–Trinajstić information content (AvgIpc) is 0.766. The highest BCUT2D eigenvalue weighted by Crippen LogP contribution is 2.49. The van der Waals surface area contributed by atoms with Gasteiger partial charge in [0.15, 0.2) is 23.8 Å². The number of nitrogens with zero attached hydrogens (tertiary/aromatic N) is 1. The number of fused-ring (bicyclic) bond motifs is 15. The minimum Gasteiger partial charge on any atom is -0.508 e. The quantitative estimate of drug-likeness (QED) is 0.0483. The van der Waals surface area contributed by atoms with Crippen molar-refractivity contribution in [2.24, 2.45) is 11.7 Å². The molecule has 22 N–H and O–H groups in total. The topological polar surface area (TPSA) is 568 Å². The summed E-state index contributed by atoms with van der Waals surface area (Å²) in [6.45, 7) is 1.96. The molecule has 0 aliphatic carbocycles. The SMILES string of the molecule is CN[C@H](CC(C)C)C(=O)N[C@H]1C(=O)N[C@@H](CC(N)=O)C(=O)N[C@H]2C(=O)N[C@H]3C(=O)N[C@H](C(=O)N[C@H](C(=O)O)c4cc(O)cc(O)c4-c4cc3ccc4O)[C@H](O)c3ccc(c(Cl)c3)Oc3cc2cc(c3O[C@@H]2O[C@H](CN(OC)[C@@H]3O[C@H](CO)[C@@H](O)[C@H](O)[C@H]3O)[C@@H](O)[C@H](O)[C@H]2O)Oc2ccc(cc2Cl)[C@H]1O. The number of carbonyl (C=O) groups excluding carboxylic acids is 7. The van der Waals surface area contributed by atoms with E-state index < -0.39 is 261 Å². The van der Waals surface area contributed by atoms with Crippen molar-refractivity contribution in [3.8, 4) is 57.1 Å². The minimum atomic E-state index is -2.39. The predicted molar refractivity (Wildman–Crippen MR) is 353 cm³/mol. The number of amides is 7. The molecule has 5 aromatic carbocycles. The Kier molecular flexibility index (Phi) is 23.8. The van der Waals surface area contributed by atoms with Crippen LogP contribution in [-0.2, 0) is 52.7 Å². The van der Waals surface area contributed by atoms with Crippen LogP contribution in [0.1, 0.15) is 84.8 Å². The van der Waals surface area contributed by atoms with Gasteiger partial charge in [-0.2, -0.15) is 5.06 Å². The summed E-state index contributed by atoms with van der Waals surface area (Å²) in [5.41, 5.74) is 2.66. The molecule has 36 nitrogen and oxygen atoms in total. The van der Waals surface area contributed by atoms with Crippen LogP contribution in [0.15, 0.2) is 78.9 Å². The van der Waals surface area contributed by atoms with Crippen molar-refractivity contribution >= 4 is 70.5 Å². The number of carboxylic acids is 1. The standard InChI is InChI=1S/C66H75Cl2N9O27/c1-22(2)11-32(70-3)58(91)75-47-49(83)24-6-9-36(30(67)13-24)100-38-15-26-16-39(57(38)104-66-56(90)54(88)51(85)40(103-66)20-77(99-4)64-55(89)53(87)52(86)41(21-78)102-64)101-37-10-7-25(14-31(37)68)50(84)48-63(96)74-46(65(97)98)29-17-27(79)18-35(81)43(29)28-12-23(5-8-34(28)80)44(60(93)76-48)73-61(94)45(26)72-59(92)33(19-42(69)82)71-62(47)95/h5-10,12-18,22,32-33,40-41,44-56,64,66,70,78-81,83-90H,11,19-21H2,1-4H3,(H2,69,82)(H,71,95)(H,72,92)(H,73,94)(H,74,96)(H,75,91)(H,76,93)(H,97,98)/t32-,33+,40-,41-,44-,45-,46+,47-,48+,49-,50-,51-,52-,53+,54+,55-,56-,64-,66+/m1/s1. The molecule has 7 heterocycles. The van der Waals surface area contributed by atoms with E-state index in [1.54, 1.807) is 13.8 Å². The largest absolute Gasteiger partial charge is 0.508 e. The van der Waals surface area contributed by atoms with E-state index in [0.717, 1.165) is 85.0 Å². The summed E-state index contributed by atoms with van der Waals surface area (Å²) in [5.74, 6) is -16.6. The highest BCUT2D eigenvalue weighted by atomic mass is 35.5. The van der Waals surface area contributed by atoms with Gasteiger partial charge in [-0.3, -0.25) is 38.4 Å². The fourth-order valence-corrected chi connectivity index (χ4v) is 13.0. The second kappa shape index (κ2) is 32.0. The number of aliphatic carboxylic acids is 1. The number of hydrogen-bond donors (Lipinski definition) is 21. The van der Waals surface area contributed by atoms with Gasteiger partial charge in [0.05, 0.1) is 42.8 Å². The Balaban J connectivity index is 1.21. The van der Waals surface area contributed by atoms with E-state index in [-0.39, 0.29) is 29.0 Å². The number of aliphatic hydroxyl groups excluding tert-OH is 9. The number of phenols is 3. The number of hydrogen-bond acceptors (Lipinski definition) is 28. The number of hydroxylamine groups is 2. The Bertz CT molecular complexity index is 4140. The molecular formula is C66H75Cl2N9O27. The molecule has 2 fully saturated rings. The van der Waals surface area contributed by atoms with E-state index in [1.807, 2.05) is 0 Å². The summed E-state index contributed by atoms with van der Waals surface area (Å²) < 4.78 is 31.3. The lowest BCUT2D eigenvalue weighted by atomic mass is 9.89. The van der Waals surface area contributed by atoms with Crippen LogP contribution in [0.3, 0.4) is 0 Å². The molecule has 0 spiro atoms. The Morgan fingerprint density at radius 2 is 1.22 bits per heavy atom. The summed E-state index contributed by atoms with van der Waals surface area (Å²) in [4.78, 5) is 122. The third-order valence-electron chi connectivity index (χ3n) is 18.0. The van der Waals surface area contributed by atoms with Gasteiger partial charge in [-0.25, -0.2) is 4.79 Å². The summed E-state index contributed by atoms with van der Waals surface area (Å²) in [5, 5.41) is 163. The van der Waals surface area contributed by atoms with Crippen molar-refractivity contribution in [2.75, 3.05) is 27.3 Å². The van der Waals surface area contributed by atoms with E-state index in [4.69, 9.17) is 57.5 Å².